The lowest BCUT2D eigenvalue weighted by Crippen LogP contribution is -2.51. The van der Waals surface area contributed by atoms with Gasteiger partial charge < -0.3 is 16.2 Å². The van der Waals surface area contributed by atoms with Crippen molar-refractivity contribution in [2.45, 2.75) is 43.9 Å². The van der Waals surface area contributed by atoms with Crippen molar-refractivity contribution in [2.75, 3.05) is 13.1 Å². The molecule has 4 N–H and O–H groups in total. The number of amides is 1. The van der Waals surface area contributed by atoms with Crippen molar-refractivity contribution in [3.8, 4) is 0 Å². The molecule has 1 amide bonds. The molecule has 1 atom stereocenters. The van der Waals surface area contributed by atoms with E-state index in [0.717, 1.165) is 19.3 Å². The fourth-order valence-electron chi connectivity index (χ4n) is 2.18. The number of unbranched alkanes of at least 4 members (excludes halogenated alkanes) is 3. The van der Waals surface area contributed by atoms with E-state index in [1.807, 2.05) is 0 Å². The van der Waals surface area contributed by atoms with E-state index in [1.54, 1.807) is 6.07 Å². The molecule has 0 saturated carbocycles. The minimum atomic E-state index is -4.89. The zero-order valence-electron chi connectivity index (χ0n) is 12.9. The first kappa shape index (κ1) is 19.4. The highest BCUT2D eigenvalue weighted by Crippen LogP contribution is 2.38. The molecule has 4 nitrogen and oxygen atoms in total. The van der Waals surface area contributed by atoms with Crippen molar-refractivity contribution in [1.82, 2.24) is 5.32 Å². The molecule has 0 aliphatic heterocycles. The molecule has 0 heterocycles. The van der Waals surface area contributed by atoms with Gasteiger partial charge >= 0.3 is 6.18 Å². The Hall–Kier alpha value is -1.60. The van der Waals surface area contributed by atoms with Gasteiger partial charge in [0.25, 0.3) is 0 Å². The molecule has 0 aliphatic carbocycles. The highest BCUT2D eigenvalue weighted by molar-refractivity contribution is 5.75. The number of aliphatic hydroxyl groups is 1. The van der Waals surface area contributed by atoms with E-state index in [2.05, 4.69) is 5.32 Å². The van der Waals surface area contributed by atoms with Crippen molar-refractivity contribution in [3.63, 3.8) is 0 Å². The molecule has 1 rings (SSSR count). The summed E-state index contributed by atoms with van der Waals surface area (Å²) in [6.07, 6.45) is -1.62. The maximum Gasteiger partial charge on any atom is 0.423 e. The number of hydrogen-bond acceptors (Lipinski definition) is 3. The Morgan fingerprint density at radius 3 is 2.26 bits per heavy atom. The monoisotopic (exact) mass is 332 g/mol. The van der Waals surface area contributed by atoms with Crippen LogP contribution >= 0.6 is 0 Å². The summed E-state index contributed by atoms with van der Waals surface area (Å²) in [5.74, 6) is -0.503. The summed E-state index contributed by atoms with van der Waals surface area (Å²) in [5, 5.41) is 12.2. The molecular formula is C16H23F3N2O2. The Morgan fingerprint density at radius 2 is 1.70 bits per heavy atom. The molecule has 0 aromatic heterocycles. The molecule has 130 valence electrons. The Balaban J connectivity index is 2.58. The third-order valence-corrected chi connectivity index (χ3v) is 3.62. The summed E-state index contributed by atoms with van der Waals surface area (Å²) in [6.45, 7) is -0.315. The number of carbonyl (C=O) groups is 1. The predicted octanol–water partition coefficient (Wildman–Crippen LogP) is 2.46. The van der Waals surface area contributed by atoms with Crippen LogP contribution in [0, 0.1) is 0 Å². The van der Waals surface area contributed by atoms with Crippen LogP contribution in [0.15, 0.2) is 30.3 Å². The zero-order chi connectivity index (χ0) is 17.3. The first-order valence-corrected chi connectivity index (χ1v) is 7.62. The van der Waals surface area contributed by atoms with Crippen molar-refractivity contribution < 1.29 is 23.1 Å². The molecule has 0 spiro atoms. The van der Waals surface area contributed by atoms with Gasteiger partial charge in [0.2, 0.25) is 11.5 Å². The minimum absolute atomic E-state index is 0.132. The quantitative estimate of drug-likeness (QED) is 0.608. The molecule has 7 heteroatoms. The fourth-order valence-corrected chi connectivity index (χ4v) is 2.18. The highest BCUT2D eigenvalue weighted by atomic mass is 19.4. The average Bonchev–Trinajstić information content (AvgIpc) is 2.52. The van der Waals surface area contributed by atoms with Crippen LogP contribution in [0.2, 0.25) is 0 Å². The van der Waals surface area contributed by atoms with Gasteiger partial charge in [-0.3, -0.25) is 4.79 Å². The summed E-state index contributed by atoms with van der Waals surface area (Å²) in [5.41, 5.74) is 1.96. The number of carbonyl (C=O) groups excluding carboxylic acids is 1. The maximum atomic E-state index is 13.2. The topological polar surface area (TPSA) is 75.4 Å². The van der Waals surface area contributed by atoms with Crippen LogP contribution in [0.4, 0.5) is 13.2 Å². The number of halogens is 3. The summed E-state index contributed by atoms with van der Waals surface area (Å²) >= 11 is 0. The van der Waals surface area contributed by atoms with E-state index < -0.39 is 24.2 Å². The number of nitrogens with two attached hydrogens (primary N) is 1. The van der Waals surface area contributed by atoms with Crippen LogP contribution in [-0.2, 0) is 10.4 Å². The lowest BCUT2D eigenvalue weighted by Gasteiger charge is -2.31. The zero-order valence-corrected chi connectivity index (χ0v) is 12.9. The molecule has 1 aromatic rings. The van der Waals surface area contributed by atoms with E-state index in [9.17, 15) is 23.1 Å². The average molecular weight is 332 g/mol. The number of nitrogens with one attached hydrogen (secondary N) is 1. The van der Waals surface area contributed by atoms with Crippen LogP contribution in [0.3, 0.4) is 0 Å². The third kappa shape index (κ3) is 5.84. The number of rotatable bonds is 9. The van der Waals surface area contributed by atoms with E-state index in [-0.39, 0.29) is 12.0 Å². The maximum absolute atomic E-state index is 13.2. The van der Waals surface area contributed by atoms with Crippen LogP contribution in [0.25, 0.3) is 0 Å². The summed E-state index contributed by atoms with van der Waals surface area (Å²) < 4.78 is 39.7. The molecule has 0 aliphatic rings. The molecule has 0 fully saturated rings. The lowest BCUT2D eigenvalue weighted by atomic mass is 9.93. The van der Waals surface area contributed by atoms with Gasteiger partial charge in [-0.05, 0) is 24.9 Å². The van der Waals surface area contributed by atoms with E-state index >= 15 is 0 Å². The van der Waals surface area contributed by atoms with Crippen LogP contribution in [-0.4, -0.2) is 30.3 Å². The predicted molar refractivity (Wildman–Crippen MR) is 81.5 cm³/mol. The molecule has 23 heavy (non-hydrogen) atoms. The highest BCUT2D eigenvalue weighted by Gasteiger charge is 2.55. The molecular weight excluding hydrogens is 309 g/mol. The fraction of sp³-hybridized carbons (Fsp3) is 0.562. The SMILES string of the molecule is NCCCCCCC(=O)NCC(O)(c1ccccc1)C(F)(F)F. The minimum Gasteiger partial charge on any atom is -0.375 e. The van der Waals surface area contributed by atoms with Crippen molar-refractivity contribution >= 4 is 5.91 Å². The van der Waals surface area contributed by atoms with Crippen molar-refractivity contribution in [2.24, 2.45) is 5.73 Å². The van der Waals surface area contributed by atoms with Gasteiger partial charge in [0.1, 0.15) is 0 Å². The van der Waals surface area contributed by atoms with Gasteiger partial charge in [0, 0.05) is 6.42 Å². The first-order chi connectivity index (χ1) is 10.8. The third-order valence-electron chi connectivity index (χ3n) is 3.62. The largest absolute Gasteiger partial charge is 0.423 e. The van der Waals surface area contributed by atoms with Gasteiger partial charge in [0.15, 0.2) is 0 Å². The molecule has 1 unspecified atom stereocenters. The Labute approximate surface area is 133 Å². The second-order valence-electron chi connectivity index (χ2n) is 5.45. The molecule has 0 bridgehead atoms. The standard InChI is InChI=1S/C16H23F3N2O2/c17-16(18,19)15(23,13-8-4-3-5-9-13)12-21-14(22)10-6-1-2-7-11-20/h3-5,8-9,23H,1-2,6-7,10-12,20H2,(H,21,22). The van der Waals surface area contributed by atoms with Crippen molar-refractivity contribution in [1.29, 1.82) is 0 Å². The smallest absolute Gasteiger partial charge is 0.375 e. The molecule has 1 aromatic carbocycles. The Bertz CT molecular complexity index is 480. The van der Waals surface area contributed by atoms with Gasteiger partial charge in [-0.25, -0.2) is 0 Å². The van der Waals surface area contributed by atoms with Gasteiger partial charge in [-0.1, -0.05) is 43.2 Å². The van der Waals surface area contributed by atoms with E-state index in [1.165, 1.54) is 24.3 Å². The molecule has 0 saturated heterocycles. The number of benzene rings is 1. The normalized spacial score (nSPS) is 14.3. The van der Waals surface area contributed by atoms with Gasteiger partial charge in [-0.2, -0.15) is 13.2 Å². The summed E-state index contributed by atoms with van der Waals surface area (Å²) in [7, 11) is 0. The second-order valence-corrected chi connectivity index (χ2v) is 5.45. The van der Waals surface area contributed by atoms with E-state index in [4.69, 9.17) is 5.73 Å². The summed E-state index contributed by atoms with van der Waals surface area (Å²) in [6, 6.07) is 6.75. The van der Waals surface area contributed by atoms with Crippen LogP contribution in [0.1, 0.15) is 37.7 Å². The van der Waals surface area contributed by atoms with Crippen LogP contribution in [0.5, 0.6) is 0 Å². The number of hydrogen-bond donors (Lipinski definition) is 3. The Morgan fingerprint density at radius 1 is 1.09 bits per heavy atom. The van der Waals surface area contributed by atoms with Gasteiger partial charge in [0.05, 0.1) is 6.54 Å². The summed E-state index contributed by atoms with van der Waals surface area (Å²) in [4.78, 5) is 11.7. The van der Waals surface area contributed by atoms with Gasteiger partial charge in [-0.15, -0.1) is 0 Å². The Kier molecular flexibility index (Phi) is 7.51. The second kappa shape index (κ2) is 8.88. The number of alkyl halides is 3. The van der Waals surface area contributed by atoms with Crippen molar-refractivity contribution in [3.05, 3.63) is 35.9 Å². The first-order valence-electron chi connectivity index (χ1n) is 7.62. The van der Waals surface area contributed by atoms with Crippen LogP contribution < -0.4 is 11.1 Å². The lowest BCUT2D eigenvalue weighted by molar-refractivity contribution is -0.264. The van der Waals surface area contributed by atoms with E-state index in [0.29, 0.717) is 13.0 Å². The molecule has 0 radical (unpaired) electrons.